The van der Waals surface area contributed by atoms with Gasteiger partial charge in [0.05, 0.1) is 14.2 Å². The Bertz CT molecular complexity index is 300. The smallest absolute Gasteiger partial charge is 0.482 e. The quantitative estimate of drug-likeness (QED) is 0.649. The van der Waals surface area contributed by atoms with Gasteiger partial charge in [0, 0.05) is 5.56 Å². The van der Waals surface area contributed by atoms with Gasteiger partial charge in [-0.2, -0.15) is 0 Å². The second-order valence-corrected chi connectivity index (χ2v) is 2.37. The summed E-state index contributed by atoms with van der Waals surface area (Å²) in [7, 11) is 3.31. The van der Waals surface area contributed by atoms with E-state index in [0.29, 0.717) is 0 Å². The molecular formula is C8H10BO4. The lowest BCUT2D eigenvalue weighted by Gasteiger charge is -2.00. The molecule has 69 valence electrons. The van der Waals surface area contributed by atoms with Crippen LogP contribution in [0.5, 0.6) is 11.5 Å². The van der Waals surface area contributed by atoms with Crippen molar-refractivity contribution in [2.24, 2.45) is 0 Å². The predicted octanol–water partition coefficient (Wildman–Crippen LogP) is 0.189. The third kappa shape index (κ3) is 1.94. The molecule has 2 rings (SSSR count). The van der Waals surface area contributed by atoms with Gasteiger partial charge in [-0.25, -0.2) is 0 Å². The average molecular weight is 181 g/mol. The standard InChI is InChI=1S/C8H8O2.BH2O2/c1-9-7-4-5-3-6(5)8(7)10-2;2-1-3/h3-4H,1-2H3;2-3H. The molecule has 4 nitrogen and oxygen atoms in total. The molecule has 13 heavy (non-hydrogen) atoms. The van der Waals surface area contributed by atoms with Gasteiger partial charge in [-0.05, 0) is 17.7 Å². The Kier molecular flexibility index (Phi) is 3.16. The number of benzene rings is 1. The van der Waals surface area contributed by atoms with Gasteiger partial charge in [0.2, 0.25) is 0 Å². The van der Waals surface area contributed by atoms with Crippen LogP contribution in [0.2, 0.25) is 0 Å². The average Bonchev–Trinajstić information content (AvgIpc) is 2.79. The topological polar surface area (TPSA) is 58.9 Å². The summed E-state index contributed by atoms with van der Waals surface area (Å²) in [4.78, 5) is 0. The van der Waals surface area contributed by atoms with Gasteiger partial charge in [-0.3, -0.25) is 0 Å². The zero-order valence-electron chi connectivity index (χ0n) is 7.44. The number of hydrogen-bond acceptors (Lipinski definition) is 4. The van der Waals surface area contributed by atoms with Crippen molar-refractivity contribution >= 4 is 7.69 Å². The first-order valence-corrected chi connectivity index (χ1v) is 3.65. The van der Waals surface area contributed by atoms with Crippen molar-refractivity contribution in [2.75, 3.05) is 14.2 Å². The fraction of sp³-hybridized carbons (Fsp3) is 0.250. The van der Waals surface area contributed by atoms with E-state index in [1.807, 2.05) is 6.07 Å². The van der Waals surface area contributed by atoms with Crippen molar-refractivity contribution in [3.63, 3.8) is 0 Å². The molecule has 5 heteroatoms. The Morgan fingerprint density at radius 2 is 1.77 bits per heavy atom. The highest BCUT2D eigenvalue weighted by atomic mass is 16.5. The van der Waals surface area contributed by atoms with Crippen LogP contribution in [-0.2, 0) is 0 Å². The summed E-state index contributed by atoms with van der Waals surface area (Å²) in [5, 5.41) is 14.0. The normalized spacial score (nSPS) is 9.54. The molecule has 2 N–H and O–H groups in total. The van der Waals surface area contributed by atoms with E-state index in [4.69, 9.17) is 19.5 Å². The van der Waals surface area contributed by atoms with E-state index in [-0.39, 0.29) is 7.69 Å². The molecule has 1 radical (unpaired) electrons. The van der Waals surface area contributed by atoms with Gasteiger partial charge in [0.1, 0.15) is 0 Å². The molecule has 0 aromatic rings. The molecule has 0 amide bonds. The van der Waals surface area contributed by atoms with Gasteiger partial charge in [-0.15, -0.1) is 0 Å². The van der Waals surface area contributed by atoms with Crippen molar-refractivity contribution in [3.05, 3.63) is 12.1 Å². The maximum Gasteiger partial charge on any atom is 0.482 e. The Hall–Kier alpha value is -1.20. The largest absolute Gasteiger partial charge is 0.493 e. The fourth-order valence-electron chi connectivity index (χ4n) is 1.14. The first-order valence-electron chi connectivity index (χ1n) is 3.65. The van der Waals surface area contributed by atoms with E-state index < -0.39 is 0 Å². The lowest BCUT2D eigenvalue weighted by molar-refractivity contribution is 0.359. The molecule has 0 unspecified atom stereocenters. The van der Waals surface area contributed by atoms with Crippen molar-refractivity contribution in [1.82, 2.24) is 0 Å². The van der Waals surface area contributed by atoms with Crippen LogP contribution in [0.3, 0.4) is 0 Å². The van der Waals surface area contributed by atoms with Crippen LogP contribution < -0.4 is 9.47 Å². The zero-order valence-corrected chi connectivity index (χ0v) is 7.44. The monoisotopic (exact) mass is 181 g/mol. The highest BCUT2D eigenvalue weighted by molar-refractivity contribution is 6.13. The van der Waals surface area contributed by atoms with Crippen LogP contribution in [-0.4, -0.2) is 32.0 Å². The Balaban J connectivity index is 0.000000251. The maximum absolute atomic E-state index is 7.00. The SMILES string of the molecule is COc1cc2cc-2c1OC.O[B]O. The van der Waals surface area contributed by atoms with Crippen LogP contribution in [0.1, 0.15) is 0 Å². The van der Waals surface area contributed by atoms with Gasteiger partial charge < -0.3 is 19.5 Å². The van der Waals surface area contributed by atoms with Crippen LogP contribution in [0, 0.1) is 0 Å². The number of rotatable bonds is 2. The molecule has 0 aromatic carbocycles. The highest BCUT2D eigenvalue weighted by Crippen LogP contribution is 2.50. The van der Waals surface area contributed by atoms with Gasteiger partial charge in [-0.1, -0.05) is 0 Å². The number of hydrogen-bond donors (Lipinski definition) is 2. The second kappa shape index (κ2) is 4.16. The van der Waals surface area contributed by atoms with E-state index >= 15 is 0 Å². The van der Waals surface area contributed by atoms with E-state index in [1.54, 1.807) is 14.2 Å². The van der Waals surface area contributed by atoms with Gasteiger partial charge >= 0.3 is 7.69 Å². The summed E-state index contributed by atoms with van der Waals surface area (Å²) >= 11 is 0. The summed E-state index contributed by atoms with van der Waals surface area (Å²) in [5.74, 6) is 1.72. The minimum Gasteiger partial charge on any atom is -0.493 e. The van der Waals surface area contributed by atoms with Crippen molar-refractivity contribution in [3.8, 4) is 22.6 Å². The molecule has 0 atom stereocenters. The summed E-state index contributed by atoms with van der Waals surface area (Å²) in [6.07, 6.45) is 0. The molecule has 0 aromatic heterocycles. The number of ether oxygens (including phenoxy) is 2. The van der Waals surface area contributed by atoms with Crippen LogP contribution in [0.15, 0.2) is 12.1 Å². The van der Waals surface area contributed by atoms with E-state index in [0.717, 1.165) is 11.5 Å². The third-order valence-corrected chi connectivity index (χ3v) is 1.71. The molecule has 0 heterocycles. The number of methoxy groups -OCH3 is 2. The first-order chi connectivity index (χ1) is 6.28. The lowest BCUT2D eigenvalue weighted by Crippen LogP contribution is -1.85. The Labute approximate surface area is 77.0 Å². The van der Waals surface area contributed by atoms with Crippen molar-refractivity contribution < 1.29 is 19.5 Å². The lowest BCUT2D eigenvalue weighted by atomic mass is 10.5. The summed E-state index contributed by atoms with van der Waals surface area (Å²) in [6.45, 7) is 0. The Morgan fingerprint density at radius 1 is 1.15 bits per heavy atom. The van der Waals surface area contributed by atoms with Crippen LogP contribution in [0.4, 0.5) is 0 Å². The molecule has 0 saturated heterocycles. The molecular weight excluding hydrogens is 171 g/mol. The van der Waals surface area contributed by atoms with Crippen molar-refractivity contribution in [2.45, 2.75) is 0 Å². The molecule has 0 fully saturated rings. The second-order valence-electron chi connectivity index (χ2n) is 2.37. The number of fused-ring (bicyclic) bond motifs is 1. The minimum absolute atomic E-state index is 0. The fourth-order valence-corrected chi connectivity index (χ4v) is 1.14. The van der Waals surface area contributed by atoms with Gasteiger partial charge in [0.15, 0.2) is 11.5 Å². The first kappa shape index (κ1) is 9.89. The summed E-state index contributed by atoms with van der Waals surface area (Å²) < 4.78 is 10.2. The molecule has 0 saturated carbocycles. The molecule has 0 aliphatic heterocycles. The van der Waals surface area contributed by atoms with E-state index in [2.05, 4.69) is 6.07 Å². The maximum atomic E-state index is 7.00. The Morgan fingerprint density at radius 3 is 2.15 bits per heavy atom. The van der Waals surface area contributed by atoms with Gasteiger partial charge in [0.25, 0.3) is 0 Å². The molecule has 0 bridgehead atoms. The molecule has 2 aliphatic rings. The zero-order chi connectivity index (χ0) is 9.84. The molecule has 0 spiro atoms. The highest BCUT2D eigenvalue weighted by Gasteiger charge is 2.23. The summed E-state index contributed by atoms with van der Waals surface area (Å²) in [6, 6.07) is 4.05. The van der Waals surface area contributed by atoms with Crippen LogP contribution >= 0.6 is 0 Å². The predicted molar refractivity (Wildman–Crippen MR) is 48.7 cm³/mol. The minimum atomic E-state index is 0. The third-order valence-electron chi connectivity index (χ3n) is 1.71. The summed E-state index contributed by atoms with van der Waals surface area (Å²) in [5.41, 5.74) is 2.44. The van der Waals surface area contributed by atoms with E-state index in [1.165, 1.54) is 11.1 Å². The van der Waals surface area contributed by atoms with Crippen LogP contribution in [0.25, 0.3) is 11.1 Å². The van der Waals surface area contributed by atoms with E-state index in [9.17, 15) is 0 Å². The molecule has 2 aliphatic carbocycles. The van der Waals surface area contributed by atoms with Crippen molar-refractivity contribution in [1.29, 1.82) is 0 Å².